The summed E-state index contributed by atoms with van der Waals surface area (Å²) in [7, 11) is -2.56. The predicted octanol–water partition coefficient (Wildman–Crippen LogP) is 2.58. The van der Waals surface area contributed by atoms with E-state index in [1.54, 1.807) is 37.3 Å². The molecule has 0 radical (unpaired) electrons. The van der Waals surface area contributed by atoms with E-state index in [1.165, 1.54) is 6.20 Å². The number of benzene rings is 1. The number of halogens is 1. The minimum absolute atomic E-state index is 0.165. The van der Waals surface area contributed by atoms with Gasteiger partial charge >= 0.3 is 0 Å². The Morgan fingerprint density at radius 1 is 1.28 bits per heavy atom. The van der Waals surface area contributed by atoms with Gasteiger partial charge in [-0.2, -0.15) is 8.42 Å². The molecule has 0 aromatic heterocycles. The maximum atomic E-state index is 12.9. The van der Waals surface area contributed by atoms with Gasteiger partial charge in [-0.15, -0.1) is 0 Å². The molecule has 1 unspecified atom stereocenters. The van der Waals surface area contributed by atoms with E-state index in [1.807, 2.05) is 28.7 Å². The third-order valence-electron chi connectivity index (χ3n) is 2.65. The summed E-state index contributed by atoms with van der Waals surface area (Å²) in [5.74, 6) is 0. The lowest BCUT2D eigenvalue weighted by Crippen LogP contribution is -2.46. The van der Waals surface area contributed by atoms with Crippen molar-refractivity contribution in [3.63, 3.8) is 0 Å². The number of para-hydroxylation sites is 1. The zero-order valence-corrected chi connectivity index (χ0v) is 12.5. The molecular formula is C12H10INO3S. The molecule has 1 aromatic carbocycles. The first-order chi connectivity index (χ1) is 8.47. The van der Waals surface area contributed by atoms with Crippen LogP contribution in [0.25, 0.3) is 0 Å². The third kappa shape index (κ3) is 2.16. The second-order valence-electron chi connectivity index (χ2n) is 3.84. The van der Waals surface area contributed by atoms with Crippen LogP contribution in [0.1, 0.15) is 6.92 Å². The minimum Gasteiger partial charge on any atom is -0.616 e. The quantitative estimate of drug-likeness (QED) is 0.328. The van der Waals surface area contributed by atoms with Gasteiger partial charge in [-0.25, -0.2) is 0 Å². The molecule has 6 heteroatoms. The first kappa shape index (κ1) is 13.5. The van der Waals surface area contributed by atoms with E-state index in [9.17, 15) is 13.6 Å². The van der Waals surface area contributed by atoms with Crippen LogP contribution in [0.3, 0.4) is 0 Å². The Balaban J connectivity index is 2.77. The highest BCUT2D eigenvalue weighted by Gasteiger charge is 2.32. The molecule has 94 valence electrons. The number of hydrogen-bond donors (Lipinski definition) is 0. The highest BCUT2D eigenvalue weighted by molar-refractivity contribution is 14.1. The lowest BCUT2D eigenvalue weighted by molar-refractivity contribution is 0.623. The van der Waals surface area contributed by atoms with Crippen LogP contribution >= 0.6 is 22.6 Å². The largest absolute Gasteiger partial charge is 0.616 e. The maximum Gasteiger partial charge on any atom is 0.277 e. The van der Waals surface area contributed by atoms with Crippen molar-refractivity contribution >= 4 is 43.6 Å². The van der Waals surface area contributed by atoms with Crippen molar-refractivity contribution in [2.75, 3.05) is 0 Å². The van der Waals surface area contributed by atoms with Crippen LogP contribution in [-0.4, -0.2) is 13.4 Å². The first-order valence-electron chi connectivity index (χ1n) is 5.15. The average molecular weight is 375 g/mol. The van der Waals surface area contributed by atoms with Crippen LogP contribution in [-0.2, 0) is 10.3 Å². The molecule has 1 heterocycles. The van der Waals surface area contributed by atoms with Gasteiger partial charge in [-0.1, -0.05) is 12.1 Å². The minimum atomic E-state index is -2.56. The normalized spacial score (nSPS) is 22.8. The Kier molecular flexibility index (Phi) is 3.71. The molecule has 0 aliphatic carbocycles. The molecule has 0 N–H and O–H groups in total. The smallest absolute Gasteiger partial charge is 0.277 e. The number of hydroxylamine groups is 2. The Hall–Kier alpha value is -0.960. The molecule has 0 spiro atoms. The molecular weight excluding hydrogens is 365 g/mol. The molecule has 1 aliphatic rings. The number of quaternary nitrogens is 1. The Morgan fingerprint density at radius 3 is 2.56 bits per heavy atom. The van der Waals surface area contributed by atoms with Crippen LogP contribution in [0, 0.1) is 8.78 Å². The van der Waals surface area contributed by atoms with Crippen molar-refractivity contribution in [1.29, 1.82) is 0 Å². The summed E-state index contributed by atoms with van der Waals surface area (Å²) in [5, 5.41) is 12.9. The van der Waals surface area contributed by atoms with E-state index in [-0.39, 0.29) is 4.99 Å². The first-order valence-corrected chi connectivity index (χ1v) is 7.30. The van der Waals surface area contributed by atoms with E-state index in [0.29, 0.717) is 11.3 Å². The van der Waals surface area contributed by atoms with Gasteiger partial charge in [0, 0.05) is 11.6 Å². The molecule has 0 fully saturated rings. The lowest BCUT2D eigenvalue weighted by Gasteiger charge is -2.39. The third-order valence-corrected chi connectivity index (χ3v) is 4.47. The zero-order valence-electron chi connectivity index (χ0n) is 9.50. The molecule has 1 aromatic rings. The maximum absolute atomic E-state index is 12.9. The molecule has 0 bridgehead atoms. The highest BCUT2D eigenvalue weighted by Crippen LogP contribution is 2.32. The summed E-state index contributed by atoms with van der Waals surface area (Å²) < 4.78 is 22.3. The van der Waals surface area contributed by atoms with E-state index in [0.717, 1.165) is 3.57 Å². The fourth-order valence-electron chi connectivity index (χ4n) is 1.86. The molecule has 2 rings (SSSR count). The van der Waals surface area contributed by atoms with Gasteiger partial charge in [-0.05, 0) is 47.7 Å². The number of allylic oxidation sites excluding steroid dienone is 2. The second-order valence-corrected chi connectivity index (χ2v) is 5.86. The summed E-state index contributed by atoms with van der Waals surface area (Å²) in [6, 6.07) is 6.95. The van der Waals surface area contributed by atoms with Gasteiger partial charge in [0.05, 0.1) is 3.57 Å². The molecule has 0 saturated carbocycles. The summed E-state index contributed by atoms with van der Waals surface area (Å²) in [5.41, 5.74) is 0.862. The van der Waals surface area contributed by atoms with Crippen LogP contribution in [0.5, 0.6) is 0 Å². The van der Waals surface area contributed by atoms with Crippen LogP contribution < -0.4 is 4.65 Å². The molecule has 0 amide bonds. The van der Waals surface area contributed by atoms with Crippen molar-refractivity contribution in [2.24, 2.45) is 0 Å². The topological polar surface area (TPSA) is 57.2 Å². The van der Waals surface area contributed by atoms with Gasteiger partial charge in [0.15, 0.2) is 5.69 Å². The van der Waals surface area contributed by atoms with Crippen molar-refractivity contribution < 1.29 is 8.42 Å². The summed E-state index contributed by atoms with van der Waals surface area (Å²) >= 11 is 2.03. The fourth-order valence-corrected chi connectivity index (χ4v) is 3.32. The Bertz CT molecular complexity index is 683. The zero-order chi connectivity index (χ0) is 13.3. The van der Waals surface area contributed by atoms with E-state index >= 15 is 0 Å². The van der Waals surface area contributed by atoms with E-state index in [4.69, 9.17) is 0 Å². The molecule has 0 saturated heterocycles. The molecule has 1 atom stereocenters. The summed E-state index contributed by atoms with van der Waals surface area (Å²) in [6.45, 7) is 1.62. The SMILES string of the molecule is CC1=CC=C[N+]([O-])(c2ccccc2I)C1=S(=O)=O. The summed E-state index contributed by atoms with van der Waals surface area (Å²) in [6.07, 6.45) is 4.53. The van der Waals surface area contributed by atoms with Crippen LogP contribution in [0.2, 0.25) is 0 Å². The number of rotatable bonds is 1. The number of hydrogen-bond acceptors (Lipinski definition) is 3. The van der Waals surface area contributed by atoms with E-state index < -0.39 is 14.9 Å². The van der Waals surface area contributed by atoms with Crippen LogP contribution in [0.15, 0.2) is 48.2 Å². The standard InChI is InChI=1S/C12H10INO3S/c1-9-5-4-8-14(15,12(9)18(16)17)11-7-3-2-6-10(11)13/h2-8H,1H3. The van der Waals surface area contributed by atoms with Gasteiger partial charge in [-0.3, -0.25) is 4.65 Å². The lowest BCUT2D eigenvalue weighted by atomic mass is 10.2. The second kappa shape index (κ2) is 4.96. The predicted molar refractivity (Wildman–Crippen MR) is 81.1 cm³/mol. The van der Waals surface area contributed by atoms with Gasteiger partial charge in [0.1, 0.15) is 6.20 Å². The molecule has 18 heavy (non-hydrogen) atoms. The van der Waals surface area contributed by atoms with Crippen molar-refractivity contribution in [3.8, 4) is 0 Å². The molecule has 1 aliphatic heterocycles. The van der Waals surface area contributed by atoms with Crippen molar-refractivity contribution in [2.45, 2.75) is 6.92 Å². The van der Waals surface area contributed by atoms with Crippen molar-refractivity contribution in [3.05, 3.63) is 57.0 Å². The van der Waals surface area contributed by atoms with Gasteiger partial charge < -0.3 is 5.21 Å². The molecule has 4 nitrogen and oxygen atoms in total. The number of nitrogens with zero attached hydrogens (tertiary/aromatic N) is 1. The Labute approximate surface area is 120 Å². The average Bonchev–Trinajstić information content (AvgIpc) is 2.28. The fraction of sp³-hybridized carbons (Fsp3) is 0.0833. The highest BCUT2D eigenvalue weighted by atomic mass is 127. The monoisotopic (exact) mass is 375 g/mol. The van der Waals surface area contributed by atoms with Crippen LogP contribution in [0.4, 0.5) is 5.69 Å². The van der Waals surface area contributed by atoms with Crippen molar-refractivity contribution in [1.82, 2.24) is 4.65 Å². The van der Waals surface area contributed by atoms with Gasteiger partial charge in [0.25, 0.3) is 15.3 Å². The van der Waals surface area contributed by atoms with E-state index in [2.05, 4.69) is 0 Å². The Morgan fingerprint density at radius 2 is 1.94 bits per heavy atom. The van der Waals surface area contributed by atoms with Gasteiger partial charge in [0.2, 0.25) is 0 Å². The summed E-state index contributed by atoms with van der Waals surface area (Å²) in [4.78, 5) is -0.165.